The van der Waals surface area contributed by atoms with Gasteiger partial charge < -0.3 is 10.1 Å². The van der Waals surface area contributed by atoms with Crippen molar-refractivity contribution in [2.45, 2.75) is 25.8 Å². The molecule has 8 heteroatoms. The fourth-order valence-electron chi connectivity index (χ4n) is 3.08. The molecule has 2 N–H and O–H groups in total. The molecule has 0 saturated heterocycles. The standard InChI is InChI=1S/C19H18FN5O2/c20-14-2-4-15(5-3-14)27-18-9-12(7-8-21-18)11-22-19(26)13-1-6-16-17(10-13)24-25-23-16/h2-5,7-9,13H,1,6,10-11H2,(H,22,26)(H,23,24,25)/t13-/m0/s1. The monoisotopic (exact) mass is 367 g/mol. The van der Waals surface area contributed by atoms with Crippen LogP contribution < -0.4 is 10.1 Å². The van der Waals surface area contributed by atoms with Crippen LogP contribution in [0, 0.1) is 11.7 Å². The third kappa shape index (κ3) is 4.11. The summed E-state index contributed by atoms with van der Waals surface area (Å²) in [6.07, 6.45) is 3.74. The van der Waals surface area contributed by atoms with Crippen molar-refractivity contribution in [1.29, 1.82) is 0 Å². The third-order valence-corrected chi connectivity index (χ3v) is 4.55. The fraction of sp³-hybridized carbons (Fsp3) is 0.263. The first kappa shape index (κ1) is 17.1. The highest BCUT2D eigenvalue weighted by Crippen LogP contribution is 2.23. The van der Waals surface area contributed by atoms with E-state index in [0.29, 0.717) is 24.6 Å². The second kappa shape index (κ2) is 7.53. The molecule has 1 aromatic carbocycles. The lowest BCUT2D eigenvalue weighted by molar-refractivity contribution is -0.125. The summed E-state index contributed by atoms with van der Waals surface area (Å²) in [6, 6.07) is 9.28. The number of benzene rings is 1. The van der Waals surface area contributed by atoms with Crippen LogP contribution in [0.2, 0.25) is 0 Å². The molecule has 0 aliphatic heterocycles. The van der Waals surface area contributed by atoms with Crippen LogP contribution in [0.15, 0.2) is 42.6 Å². The number of amides is 1. The van der Waals surface area contributed by atoms with Crippen LogP contribution in [0.1, 0.15) is 23.4 Å². The predicted molar refractivity (Wildman–Crippen MR) is 94.5 cm³/mol. The maximum Gasteiger partial charge on any atom is 0.223 e. The van der Waals surface area contributed by atoms with Gasteiger partial charge in [-0.1, -0.05) is 0 Å². The molecule has 138 valence electrons. The molecular formula is C19H18FN5O2. The minimum absolute atomic E-state index is 0.00136. The van der Waals surface area contributed by atoms with Gasteiger partial charge in [0.05, 0.1) is 11.4 Å². The third-order valence-electron chi connectivity index (χ3n) is 4.55. The lowest BCUT2D eigenvalue weighted by Crippen LogP contribution is -2.33. The first-order chi connectivity index (χ1) is 13.2. The van der Waals surface area contributed by atoms with E-state index in [1.54, 1.807) is 12.3 Å². The number of carbonyl (C=O) groups is 1. The van der Waals surface area contributed by atoms with E-state index in [9.17, 15) is 9.18 Å². The zero-order chi connectivity index (χ0) is 18.6. The summed E-state index contributed by atoms with van der Waals surface area (Å²) in [6.45, 7) is 0.378. The van der Waals surface area contributed by atoms with Gasteiger partial charge in [-0.3, -0.25) is 4.79 Å². The largest absolute Gasteiger partial charge is 0.439 e. The number of nitrogens with zero attached hydrogens (tertiary/aromatic N) is 3. The van der Waals surface area contributed by atoms with Gasteiger partial charge in [0.25, 0.3) is 0 Å². The van der Waals surface area contributed by atoms with Crippen LogP contribution in [0.3, 0.4) is 0 Å². The number of rotatable bonds is 5. The van der Waals surface area contributed by atoms with E-state index in [2.05, 4.69) is 25.7 Å². The number of aromatic amines is 1. The number of aromatic nitrogens is 4. The Bertz CT molecular complexity index is 941. The number of halogens is 1. The van der Waals surface area contributed by atoms with Crippen LogP contribution in [0.4, 0.5) is 4.39 Å². The van der Waals surface area contributed by atoms with E-state index in [0.717, 1.165) is 29.8 Å². The van der Waals surface area contributed by atoms with Gasteiger partial charge >= 0.3 is 0 Å². The van der Waals surface area contributed by atoms with Crippen LogP contribution >= 0.6 is 0 Å². The van der Waals surface area contributed by atoms with E-state index < -0.39 is 0 Å². The summed E-state index contributed by atoms with van der Waals surface area (Å²) in [5.74, 6) is 0.460. The lowest BCUT2D eigenvalue weighted by atomic mass is 9.89. The number of hydrogen-bond donors (Lipinski definition) is 2. The first-order valence-electron chi connectivity index (χ1n) is 8.72. The second-order valence-electron chi connectivity index (χ2n) is 6.43. The van der Waals surface area contributed by atoms with Crippen molar-refractivity contribution in [3.63, 3.8) is 0 Å². The Labute approximate surface area is 155 Å². The molecule has 2 aromatic heterocycles. The van der Waals surface area contributed by atoms with Crippen molar-refractivity contribution < 1.29 is 13.9 Å². The van der Waals surface area contributed by atoms with E-state index in [1.165, 1.54) is 24.3 Å². The molecule has 0 fully saturated rings. The van der Waals surface area contributed by atoms with Crippen molar-refractivity contribution in [1.82, 2.24) is 25.7 Å². The summed E-state index contributed by atoms with van der Waals surface area (Å²) in [7, 11) is 0. The Morgan fingerprint density at radius 2 is 2.04 bits per heavy atom. The highest BCUT2D eigenvalue weighted by atomic mass is 19.1. The highest BCUT2D eigenvalue weighted by molar-refractivity contribution is 5.79. The Kier molecular flexibility index (Phi) is 4.78. The zero-order valence-corrected chi connectivity index (χ0v) is 14.5. The Morgan fingerprint density at radius 1 is 1.22 bits per heavy atom. The van der Waals surface area contributed by atoms with Crippen LogP contribution in [-0.4, -0.2) is 26.3 Å². The number of hydrogen-bond acceptors (Lipinski definition) is 5. The summed E-state index contributed by atoms with van der Waals surface area (Å²) in [5.41, 5.74) is 2.70. The van der Waals surface area contributed by atoms with Crippen LogP contribution in [0.25, 0.3) is 0 Å². The minimum atomic E-state index is -0.327. The number of aryl methyl sites for hydroxylation is 1. The average molecular weight is 367 g/mol. The molecule has 0 spiro atoms. The topological polar surface area (TPSA) is 92.8 Å². The lowest BCUT2D eigenvalue weighted by Gasteiger charge is -2.19. The summed E-state index contributed by atoms with van der Waals surface area (Å²) < 4.78 is 18.6. The molecule has 3 aromatic rings. The quantitative estimate of drug-likeness (QED) is 0.723. The molecule has 27 heavy (non-hydrogen) atoms. The number of pyridine rings is 1. The number of carbonyl (C=O) groups excluding carboxylic acids is 1. The number of H-pyrrole nitrogens is 1. The summed E-state index contributed by atoms with van der Waals surface area (Å²) in [4.78, 5) is 16.6. The summed E-state index contributed by atoms with van der Waals surface area (Å²) >= 11 is 0. The molecule has 1 atom stereocenters. The van der Waals surface area contributed by atoms with Gasteiger partial charge in [-0.25, -0.2) is 9.37 Å². The normalized spacial score (nSPS) is 15.8. The van der Waals surface area contributed by atoms with Crippen molar-refractivity contribution >= 4 is 5.91 Å². The number of nitrogens with one attached hydrogen (secondary N) is 2. The number of ether oxygens (including phenoxy) is 1. The Balaban J connectivity index is 1.34. The molecular weight excluding hydrogens is 349 g/mol. The molecule has 0 bridgehead atoms. The second-order valence-corrected chi connectivity index (χ2v) is 6.43. The van der Waals surface area contributed by atoms with Gasteiger partial charge in [0, 0.05) is 31.1 Å². The molecule has 0 saturated carbocycles. The molecule has 1 aliphatic carbocycles. The van der Waals surface area contributed by atoms with E-state index in [1.807, 2.05) is 6.07 Å². The average Bonchev–Trinajstić information content (AvgIpc) is 3.16. The van der Waals surface area contributed by atoms with Crippen molar-refractivity contribution in [3.05, 3.63) is 65.4 Å². The Hall–Kier alpha value is -3.29. The van der Waals surface area contributed by atoms with Crippen LogP contribution in [0.5, 0.6) is 11.6 Å². The predicted octanol–water partition coefficient (Wildman–Crippen LogP) is 2.55. The first-order valence-corrected chi connectivity index (χ1v) is 8.72. The van der Waals surface area contributed by atoms with Crippen molar-refractivity contribution in [3.8, 4) is 11.6 Å². The van der Waals surface area contributed by atoms with Gasteiger partial charge in [-0.2, -0.15) is 15.4 Å². The SMILES string of the molecule is O=C(NCc1ccnc(Oc2ccc(F)cc2)c1)[C@H]1CCc2n[nH]nc2C1. The maximum absolute atomic E-state index is 13.0. The zero-order valence-electron chi connectivity index (χ0n) is 14.5. The Morgan fingerprint density at radius 3 is 2.89 bits per heavy atom. The van der Waals surface area contributed by atoms with Gasteiger partial charge in [-0.05, 0) is 48.7 Å². The van der Waals surface area contributed by atoms with Gasteiger partial charge in [0.15, 0.2) is 0 Å². The fourth-order valence-corrected chi connectivity index (χ4v) is 3.08. The van der Waals surface area contributed by atoms with Gasteiger partial charge in [-0.15, -0.1) is 0 Å². The van der Waals surface area contributed by atoms with Gasteiger partial charge in [0.2, 0.25) is 11.8 Å². The maximum atomic E-state index is 13.0. The van der Waals surface area contributed by atoms with Crippen LogP contribution in [-0.2, 0) is 24.2 Å². The highest BCUT2D eigenvalue weighted by Gasteiger charge is 2.26. The van der Waals surface area contributed by atoms with E-state index in [-0.39, 0.29) is 17.6 Å². The van der Waals surface area contributed by atoms with E-state index in [4.69, 9.17) is 4.74 Å². The molecule has 0 unspecified atom stereocenters. The van der Waals surface area contributed by atoms with Crippen molar-refractivity contribution in [2.24, 2.45) is 5.92 Å². The van der Waals surface area contributed by atoms with Crippen molar-refractivity contribution in [2.75, 3.05) is 0 Å². The van der Waals surface area contributed by atoms with Gasteiger partial charge in [0.1, 0.15) is 11.6 Å². The van der Waals surface area contributed by atoms with E-state index >= 15 is 0 Å². The molecule has 1 amide bonds. The molecule has 4 rings (SSSR count). The molecule has 7 nitrogen and oxygen atoms in total. The summed E-state index contributed by atoms with van der Waals surface area (Å²) in [5, 5.41) is 13.8. The number of fused-ring (bicyclic) bond motifs is 1. The smallest absolute Gasteiger partial charge is 0.223 e. The molecule has 0 radical (unpaired) electrons. The minimum Gasteiger partial charge on any atom is -0.439 e. The molecule has 1 aliphatic rings. The molecule has 2 heterocycles.